The maximum atomic E-state index is 13.3. The van der Waals surface area contributed by atoms with Gasteiger partial charge in [0.15, 0.2) is 0 Å². The zero-order chi connectivity index (χ0) is 18.3. The SMILES string of the molecule is O=C1CCCN1Cc1cn(C2CN(S(=O)(=O)c3cccc(F)c3)C2)nn1. The van der Waals surface area contributed by atoms with Crippen LogP contribution in [0.25, 0.3) is 0 Å². The van der Waals surface area contributed by atoms with Gasteiger partial charge in [-0.05, 0) is 24.6 Å². The molecular weight excluding hydrogens is 361 g/mol. The molecule has 4 rings (SSSR count). The summed E-state index contributed by atoms with van der Waals surface area (Å²) in [6.45, 7) is 1.67. The summed E-state index contributed by atoms with van der Waals surface area (Å²) in [7, 11) is -3.71. The van der Waals surface area contributed by atoms with Crippen LogP contribution in [0.3, 0.4) is 0 Å². The summed E-state index contributed by atoms with van der Waals surface area (Å²) in [6.07, 6.45) is 3.19. The lowest BCUT2D eigenvalue weighted by atomic mass is 10.2. The highest BCUT2D eigenvalue weighted by molar-refractivity contribution is 7.89. The first-order valence-corrected chi connectivity index (χ1v) is 9.82. The van der Waals surface area contributed by atoms with E-state index in [0.29, 0.717) is 18.7 Å². The Hall–Kier alpha value is -2.33. The van der Waals surface area contributed by atoms with Crippen LogP contribution in [0.1, 0.15) is 24.6 Å². The fraction of sp³-hybridized carbons (Fsp3) is 0.438. The number of likely N-dealkylation sites (tertiary alicyclic amines) is 1. The molecule has 138 valence electrons. The number of nitrogens with zero attached hydrogens (tertiary/aromatic N) is 5. The minimum Gasteiger partial charge on any atom is -0.337 e. The molecule has 0 bridgehead atoms. The minimum absolute atomic E-state index is 0.0530. The molecule has 1 aromatic heterocycles. The van der Waals surface area contributed by atoms with E-state index < -0.39 is 15.8 Å². The zero-order valence-corrected chi connectivity index (χ0v) is 14.8. The van der Waals surface area contributed by atoms with Crippen LogP contribution < -0.4 is 0 Å². The number of aromatic nitrogens is 3. The van der Waals surface area contributed by atoms with Gasteiger partial charge in [0.25, 0.3) is 0 Å². The van der Waals surface area contributed by atoms with Crippen molar-refractivity contribution in [3.8, 4) is 0 Å². The van der Waals surface area contributed by atoms with Crippen LogP contribution in [0.5, 0.6) is 0 Å². The predicted octanol–water partition coefficient (Wildman–Crippen LogP) is 0.785. The Balaban J connectivity index is 1.40. The fourth-order valence-electron chi connectivity index (χ4n) is 3.19. The molecule has 0 N–H and O–H groups in total. The first-order chi connectivity index (χ1) is 12.4. The second kappa shape index (κ2) is 6.44. The van der Waals surface area contributed by atoms with Gasteiger partial charge >= 0.3 is 0 Å². The highest BCUT2D eigenvalue weighted by atomic mass is 32.2. The van der Waals surface area contributed by atoms with Crippen molar-refractivity contribution >= 4 is 15.9 Å². The first kappa shape index (κ1) is 17.1. The van der Waals surface area contributed by atoms with Gasteiger partial charge in [-0.25, -0.2) is 17.5 Å². The van der Waals surface area contributed by atoms with Crippen molar-refractivity contribution in [2.45, 2.75) is 30.3 Å². The van der Waals surface area contributed by atoms with E-state index in [1.807, 2.05) is 0 Å². The molecule has 2 saturated heterocycles. The lowest BCUT2D eigenvalue weighted by molar-refractivity contribution is -0.128. The third-order valence-corrected chi connectivity index (χ3v) is 6.55. The van der Waals surface area contributed by atoms with Crippen molar-refractivity contribution in [1.29, 1.82) is 0 Å². The van der Waals surface area contributed by atoms with E-state index >= 15 is 0 Å². The molecule has 3 heterocycles. The Bertz CT molecular complexity index is 939. The average molecular weight is 379 g/mol. The molecular formula is C16H18FN5O3S. The molecule has 2 aliphatic heterocycles. The average Bonchev–Trinajstić information content (AvgIpc) is 3.16. The van der Waals surface area contributed by atoms with Gasteiger partial charge < -0.3 is 4.90 Å². The summed E-state index contributed by atoms with van der Waals surface area (Å²) in [5.74, 6) is -0.462. The van der Waals surface area contributed by atoms with Crippen molar-refractivity contribution in [2.24, 2.45) is 0 Å². The van der Waals surface area contributed by atoms with Gasteiger partial charge in [-0.2, -0.15) is 4.31 Å². The van der Waals surface area contributed by atoms with Crippen molar-refractivity contribution in [3.63, 3.8) is 0 Å². The summed E-state index contributed by atoms with van der Waals surface area (Å²) in [5, 5.41) is 8.13. The maximum absolute atomic E-state index is 13.3. The van der Waals surface area contributed by atoms with Crippen molar-refractivity contribution in [2.75, 3.05) is 19.6 Å². The Morgan fingerprint density at radius 3 is 2.77 bits per heavy atom. The van der Waals surface area contributed by atoms with Crippen LogP contribution in [0.4, 0.5) is 4.39 Å². The lowest BCUT2D eigenvalue weighted by Crippen LogP contribution is -2.50. The van der Waals surface area contributed by atoms with E-state index in [2.05, 4.69) is 10.3 Å². The Morgan fingerprint density at radius 2 is 2.08 bits per heavy atom. The van der Waals surface area contributed by atoms with E-state index in [0.717, 1.165) is 19.0 Å². The molecule has 2 aliphatic rings. The molecule has 0 aliphatic carbocycles. The largest absolute Gasteiger partial charge is 0.337 e. The van der Waals surface area contributed by atoms with Crippen LogP contribution in [-0.2, 0) is 21.4 Å². The van der Waals surface area contributed by atoms with Crippen LogP contribution >= 0.6 is 0 Å². The van der Waals surface area contributed by atoms with Gasteiger partial charge in [0, 0.05) is 26.1 Å². The van der Waals surface area contributed by atoms with Crippen LogP contribution in [-0.4, -0.2) is 58.2 Å². The number of carbonyl (C=O) groups is 1. The van der Waals surface area contributed by atoms with E-state index in [4.69, 9.17) is 0 Å². The Labute approximate surface area is 150 Å². The van der Waals surface area contributed by atoms with Gasteiger partial charge in [0.1, 0.15) is 11.5 Å². The maximum Gasteiger partial charge on any atom is 0.243 e. The van der Waals surface area contributed by atoms with Crippen molar-refractivity contribution in [1.82, 2.24) is 24.2 Å². The predicted molar refractivity (Wildman–Crippen MR) is 88.9 cm³/mol. The van der Waals surface area contributed by atoms with Gasteiger partial charge in [-0.1, -0.05) is 11.3 Å². The van der Waals surface area contributed by atoms with E-state index in [-0.39, 0.29) is 29.9 Å². The fourth-order valence-corrected chi connectivity index (χ4v) is 4.73. The number of sulfonamides is 1. The van der Waals surface area contributed by atoms with Crippen LogP contribution in [0, 0.1) is 5.82 Å². The van der Waals surface area contributed by atoms with E-state index in [1.165, 1.54) is 22.5 Å². The normalized spacial score (nSPS) is 19.1. The zero-order valence-electron chi connectivity index (χ0n) is 14.0. The summed E-state index contributed by atoms with van der Waals surface area (Å²) in [6, 6.07) is 4.87. The standard InChI is InChI=1S/C16H18FN5O3S/c17-12-3-1-4-15(7-12)26(24,25)21-10-14(11-21)22-9-13(18-19-22)8-20-6-2-5-16(20)23/h1,3-4,7,9,14H,2,5-6,8,10-11H2. The highest BCUT2D eigenvalue weighted by Crippen LogP contribution is 2.28. The number of halogens is 1. The summed E-state index contributed by atoms with van der Waals surface area (Å²) < 4.78 is 41.2. The second-order valence-electron chi connectivity index (χ2n) is 6.54. The lowest BCUT2D eigenvalue weighted by Gasteiger charge is -2.37. The number of hydrogen-bond acceptors (Lipinski definition) is 5. The molecule has 0 unspecified atom stereocenters. The smallest absolute Gasteiger partial charge is 0.243 e. The van der Waals surface area contributed by atoms with E-state index in [1.54, 1.807) is 15.8 Å². The summed E-state index contributed by atoms with van der Waals surface area (Å²) in [5.41, 5.74) is 0.687. The molecule has 0 spiro atoms. The number of hydrogen-bond donors (Lipinski definition) is 0. The molecule has 1 aromatic carbocycles. The second-order valence-corrected chi connectivity index (χ2v) is 8.48. The molecule has 2 fully saturated rings. The van der Waals surface area contributed by atoms with Crippen LogP contribution in [0.15, 0.2) is 35.4 Å². The first-order valence-electron chi connectivity index (χ1n) is 8.38. The molecule has 0 radical (unpaired) electrons. The third kappa shape index (κ3) is 3.10. The van der Waals surface area contributed by atoms with Gasteiger partial charge in [-0.3, -0.25) is 4.79 Å². The van der Waals surface area contributed by atoms with Gasteiger partial charge in [-0.15, -0.1) is 5.10 Å². The van der Waals surface area contributed by atoms with Gasteiger partial charge in [0.2, 0.25) is 15.9 Å². The van der Waals surface area contributed by atoms with Crippen molar-refractivity contribution < 1.29 is 17.6 Å². The molecule has 26 heavy (non-hydrogen) atoms. The van der Waals surface area contributed by atoms with E-state index in [9.17, 15) is 17.6 Å². The number of amides is 1. The number of benzene rings is 1. The topological polar surface area (TPSA) is 88.4 Å². The van der Waals surface area contributed by atoms with Crippen LogP contribution in [0.2, 0.25) is 0 Å². The molecule has 0 saturated carbocycles. The molecule has 0 atom stereocenters. The Kier molecular flexibility index (Phi) is 4.23. The minimum atomic E-state index is -3.71. The highest BCUT2D eigenvalue weighted by Gasteiger charge is 2.38. The quantitative estimate of drug-likeness (QED) is 0.766. The third-order valence-electron chi connectivity index (χ3n) is 4.72. The number of carbonyl (C=O) groups excluding carboxylic acids is 1. The molecule has 10 heteroatoms. The molecule has 2 aromatic rings. The molecule has 1 amide bonds. The molecule has 8 nitrogen and oxygen atoms in total. The van der Waals surface area contributed by atoms with Crippen molar-refractivity contribution in [3.05, 3.63) is 42.0 Å². The monoisotopic (exact) mass is 379 g/mol. The Morgan fingerprint density at radius 1 is 1.27 bits per heavy atom. The summed E-state index contributed by atoms with van der Waals surface area (Å²) in [4.78, 5) is 13.4. The summed E-state index contributed by atoms with van der Waals surface area (Å²) >= 11 is 0. The number of rotatable bonds is 5. The van der Waals surface area contributed by atoms with Gasteiger partial charge in [0.05, 0.1) is 23.7 Å².